The third-order valence-electron chi connectivity index (χ3n) is 3.69. The first kappa shape index (κ1) is 16.4. The lowest BCUT2D eigenvalue weighted by atomic mass is 10.1. The zero-order chi connectivity index (χ0) is 15.3. The lowest BCUT2D eigenvalue weighted by Crippen LogP contribution is -2.43. The second-order valence-corrected chi connectivity index (χ2v) is 7.14. The molecule has 0 aromatic carbocycles. The molecule has 1 aromatic heterocycles. The van der Waals surface area contributed by atoms with Crippen LogP contribution in [0.5, 0.6) is 0 Å². The van der Waals surface area contributed by atoms with Crippen LogP contribution in [0.2, 0.25) is 0 Å². The molecule has 21 heavy (non-hydrogen) atoms. The van der Waals surface area contributed by atoms with Crippen molar-refractivity contribution in [1.82, 2.24) is 19.9 Å². The summed E-state index contributed by atoms with van der Waals surface area (Å²) in [6, 6.07) is 3.39. The van der Waals surface area contributed by atoms with Crippen molar-refractivity contribution in [2.24, 2.45) is 0 Å². The molecule has 2 heterocycles. The van der Waals surface area contributed by atoms with Gasteiger partial charge in [0.25, 0.3) is 10.0 Å². The molecule has 1 aromatic rings. The molecule has 6 nitrogen and oxygen atoms in total. The molecule has 0 atom stereocenters. The molecule has 0 amide bonds. The molecule has 1 aliphatic rings. The first-order valence-corrected chi connectivity index (χ1v) is 8.86. The van der Waals surface area contributed by atoms with Gasteiger partial charge >= 0.3 is 0 Å². The Morgan fingerprint density at radius 1 is 1.33 bits per heavy atom. The van der Waals surface area contributed by atoms with E-state index in [1.54, 1.807) is 18.3 Å². The minimum Gasteiger partial charge on any atom is -0.313 e. The van der Waals surface area contributed by atoms with Crippen LogP contribution in [0.3, 0.4) is 0 Å². The number of likely N-dealkylation sites (tertiary alicyclic amines) is 1. The quantitative estimate of drug-likeness (QED) is 0.803. The zero-order valence-corrected chi connectivity index (χ0v) is 13.5. The molecule has 1 aliphatic heterocycles. The van der Waals surface area contributed by atoms with Crippen LogP contribution in [0, 0.1) is 0 Å². The predicted octanol–water partition coefficient (Wildman–Crippen LogP) is 0.564. The van der Waals surface area contributed by atoms with Crippen LogP contribution in [-0.4, -0.2) is 51.0 Å². The molecule has 0 aliphatic carbocycles. The van der Waals surface area contributed by atoms with E-state index in [0.29, 0.717) is 6.54 Å². The summed E-state index contributed by atoms with van der Waals surface area (Å²) in [6.07, 6.45) is 3.30. The Morgan fingerprint density at radius 3 is 2.62 bits per heavy atom. The monoisotopic (exact) mass is 312 g/mol. The zero-order valence-electron chi connectivity index (χ0n) is 12.7. The highest BCUT2D eigenvalue weighted by atomic mass is 32.2. The van der Waals surface area contributed by atoms with Crippen LogP contribution >= 0.6 is 0 Å². The van der Waals surface area contributed by atoms with Gasteiger partial charge in [-0.3, -0.25) is 0 Å². The maximum Gasteiger partial charge on any atom is 0.258 e. The molecular weight excluding hydrogens is 288 g/mol. The van der Waals surface area contributed by atoms with Gasteiger partial charge in [-0.15, -0.1) is 0 Å². The van der Waals surface area contributed by atoms with Crippen LogP contribution in [0.25, 0.3) is 0 Å². The Kier molecular flexibility index (Phi) is 5.69. The lowest BCUT2D eigenvalue weighted by Gasteiger charge is -2.29. The average molecular weight is 312 g/mol. The Bertz CT molecular complexity index is 537. The second-order valence-electron chi connectivity index (χ2n) is 5.48. The lowest BCUT2D eigenvalue weighted by molar-refractivity contribution is 0.248. The van der Waals surface area contributed by atoms with Gasteiger partial charge in [0, 0.05) is 18.8 Å². The summed E-state index contributed by atoms with van der Waals surface area (Å²) in [5.41, 5.74) is 0.982. The minimum absolute atomic E-state index is 0.00874. The SMILES string of the molecule is CCNCc1ccc(S(=O)(=O)NC2CCN(C)CC2)nc1. The van der Waals surface area contributed by atoms with E-state index < -0.39 is 10.0 Å². The van der Waals surface area contributed by atoms with E-state index in [1.807, 2.05) is 6.92 Å². The van der Waals surface area contributed by atoms with Crippen molar-refractivity contribution < 1.29 is 8.42 Å². The van der Waals surface area contributed by atoms with Gasteiger partial charge in [0.15, 0.2) is 5.03 Å². The third kappa shape index (κ3) is 4.74. The van der Waals surface area contributed by atoms with Gasteiger partial charge < -0.3 is 10.2 Å². The van der Waals surface area contributed by atoms with Gasteiger partial charge in [0.2, 0.25) is 0 Å². The molecule has 0 unspecified atom stereocenters. The number of pyridine rings is 1. The van der Waals surface area contributed by atoms with E-state index in [4.69, 9.17) is 0 Å². The summed E-state index contributed by atoms with van der Waals surface area (Å²) in [4.78, 5) is 6.29. The largest absolute Gasteiger partial charge is 0.313 e. The van der Waals surface area contributed by atoms with Crippen LogP contribution in [0.4, 0.5) is 0 Å². The Balaban J connectivity index is 1.98. The summed E-state index contributed by atoms with van der Waals surface area (Å²) in [6.45, 7) is 5.44. The van der Waals surface area contributed by atoms with E-state index in [1.165, 1.54) is 0 Å². The third-order valence-corrected chi connectivity index (χ3v) is 5.13. The molecule has 118 valence electrons. The maximum absolute atomic E-state index is 12.3. The normalized spacial score (nSPS) is 18.0. The fraction of sp³-hybridized carbons (Fsp3) is 0.643. The summed E-state index contributed by atoms with van der Waals surface area (Å²) in [5, 5.41) is 3.28. The minimum atomic E-state index is -3.51. The number of nitrogens with one attached hydrogen (secondary N) is 2. The number of piperidine rings is 1. The van der Waals surface area contributed by atoms with Gasteiger partial charge in [-0.25, -0.2) is 18.1 Å². The predicted molar refractivity (Wildman–Crippen MR) is 82.5 cm³/mol. The van der Waals surface area contributed by atoms with E-state index in [-0.39, 0.29) is 11.1 Å². The van der Waals surface area contributed by atoms with Gasteiger partial charge in [0.1, 0.15) is 0 Å². The number of rotatable bonds is 6. The molecule has 2 N–H and O–H groups in total. The molecule has 0 spiro atoms. The number of hydrogen-bond donors (Lipinski definition) is 2. The van der Waals surface area contributed by atoms with Crippen LogP contribution in [0.15, 0.2) is 23.4 Å². The highest BCUT2D eigenvalue weighted by Crippen LogP contribution is 2.13. The second kappa shape index (κ2) is 7.31. The average Bonchev–Trinajstić information content (AvgIpc) is 2.48. The fourth-order valence-electron chi connectivity index (χ4n) is 2.35. The topological polar surface area (TPSA) is 74.3 Å². The van der Waals surface area contributed by atoms with Crippen molar-refractivity contribution in [3.63, 3.8) is 0 Å². The van der Waals surface area contributed by atoms with Gasteiger partial charge in [-0.1, -0.05) is 13.0 Å². The molecule has 0 radical (unpaired) electrons. The van der Waals surface area contributed by atoms with E-state index in [2.05, 4.69) is 27.0 Å². The van der Waals surface area contributed by atoms with Crippen molar-refractivity contribution in [3.05, 3.63) is 23.9 Å². The summed E-state index contributed by atoms with van der Waals surface area (Å²) in [5.74, 6) is 0. The smallest absolute Gasteiger partial charge is 0.258 e. The van der Waals surface area contributed by atoms with Crippen molar-refractivity contribution in [3.8, 4) is 0 Å². The number of aromatic nitrogens is 1. The number of hydrogen-bond acceptors (Lipinski definition) is 5. The fourth-order valence-corrected chi connectivity index (χ4v) is 3.58. The van der Waals surface area contributed by atoms with E-state index in [9.17, 15) is 8.42 Å². The van der Waals surface area contributed by atoms with Crippen LogP contribution < -0.4 is 10.0 Å². The Hall–Kier alpha value is -1.02. The van der Waals surface area contributed by atoms with Crippen LogP contribution in [0.1, 0.15) is 25.3 Å². The van der Waals surface area contributed by atoms with Crippen molar-refractivity contribution in [1.29, 1.82) is 0 Å². The molecular formula is C14H24N4O2S. The highest BCUT2D eigenvalue weighted by molar-refractivity contribution is 7.89. The van der Waals surface area contributed by atoms with Gasteiger partial charge in [-0.2, -0.15) is 0 Å². The van der Waals surface area contributed by atoms with Crippen LogP contribution in [-0.2, 0) is 16.6 Å². The highest BCUT2D eigenvalue weighted by Gasteiger charge is 2.24. The van der Waals surface area contributed by atoms with E-state index >= 15 is 0 Å². The first-order chi connectivity index (χ1) is 10.0. The van der Waals surface area contributed by atoms with Gasteiger partial charge in [0.05, 0.1) is 0 Å². The Labute approximate surface area is 127 Å². The van der Waals surface area contributed by atoms with Gasteiger partial charge in [-0.05, 0) is 51.2 Å². The standard InChI is InChI=1S/C14H24N4O2S/c1-3-15-10-12-4-5-14(16-11-12)21(19,20)17-13-6-8-18(2)9-7-13/h4-5,11,13,15,17H,3,6-10H2,1-2H3. The molecule has 1 fully saturated rings. The van der Waals surface area contributed by atoms with Crippen molar-refractivity contribution in [2.45, 2.75) is 37.4 Å². The first-order valence-electron chi connectivity index (χ1n) is 7.38. The summed E-state index contributed by atoms with van der Waals surface area (Å²) >= 11 is 0. The molecule has 2 rings (SSSR count). The van der Waals surface area contributed by atoms with Crippen molar-refractivity contribution in [2.75, 3.05) is 26.7 Å². The summed E-state index contributed by atoms with van der Waals surface area (Å²) < 4.78 is 27.4. The molecule has 0 saturated carbocycles. The van der Waals surface area contributed by atoms with Crippen molar-refractivity contribution >= 4 is 10.0 Å². The number of sulfonamides is 1. The molecule has 7 heteroatoms. The maximum atomic E-state index is 12.3. The summed E-state index contributed by atoms with van der Waals surface area (Å²) in [7, 11) is -1.46. The molecule has 1 saturated heterocycles. The molecule has 0 bridgehead atoms. The Morgan fingerprint density at radius 2 is 2.05 bits per heavy atom. The van der Waals surface area contributed by atoms with E-state index in [0.717, 1.165) is 38.0 Å². The number of nitrogens with zero attached hydrogens (tertiary/aromatic N) is 2.